The third-order valence-corrected chi connectivity index (χ3v) is 3.67. The quantitative estimate of drug-likeness (QED) is 0.840. The molecule has 6 nitrogen and oxygen atoms in total. The van der Waals surface area contributed by atoms with Crippen LogP contribution in [-0.4, -0.2) is 50.5 Å². The van der Waals surface area contributed by atoms with Crippen LogP contribution in [0.2, 0.25) is 0 Å². The van der Waals surface area contributed by atoms with Gasteiger partial charge < -0.3 is 24.8 Å². The maximum atomic E-state index is 12.1. The van der Waals surface area contributed by atoms with Crippen molar-refractivity contribution < 1.29 is 19.0 Å². The Hall–Kier alpha value is -1.79. The smallest absolute Gasteiger partial charge is 0.239 e. The van der Waals surface area contributed by atoms with E-state index in [1.165, 1.54) is 0 Å². The Kier molecular flexibility index (Phi) is 4.26. The zero-order chi connectivity index (χ0) is 14.7. The fourth-order valence-electron chi connectivity index (χ4n) is 2.52. The van der Waals surface area contributed by atoms with Crippen LogP contribution in [0.1, 0.15) is 6.92 Å². The summed E-state index contributed by atoms with van der Waals surface area (Å²) < 4.78 is 16.9. The van der Waals surface area contributed by atoms with Gasteiger partial charge in [-0.2, -0.15) is 0 Å². The van der Waals surface area contributed by atoms with Gasteiger partial charge in [0.15, 0.2) is 11.5 Å². The molecule has 6 heteroatoms. The van der Waals surface area contributed by atoms with Crippen molar-refractivity contribution in [1.82, 2.24) is 10.6 Å². The third-order valence-electron chi connectivity index (χ3n) is 3.67. The Morgan fingerprint density at radius 1 is 1.38 bits per heavy atom. The maximum Gasteiger partial charge on any atom is 0.239 e. The minimum absolute atomic E-state index is 0.0651. The number of ether oxygens (including phenoxy) is 3. The molecule has 2 heterocycles. The normalized spacial score (nSPS) is 28.0. The van der Waals surface area contributed by atoms with Gasteiger partial charge >= 0.3 is 0 Å². The van der Waals surface area contributed by atoms with Crippen molar-refractivity contribution in [1.29, 1.82) is 0 Å². The monoisotopic (exact) mass is 292 g/mol. The van der Waals surface area contributed by atoms with Crippen LogP contribution in [0.25, 0.3) is 0 Å². The zero-order valence-corrected chi connectivity index (χ0v) is 12.0. The van der Waals surface area contributed by atoms with Crippen molar-refractivity contribution >= 4 is 5.91 Å². The number of fused-ring (bicyclic) bond motifs is 1. The number of hydrogen-bond donors (Lipinski definition) is 2. The molecular formula is C15H20N2O4. The zero-order valence-electron chi connectivity index (χ0n) is 12.0. The summed E-state index contributed by atoms with van der Waals surface area (Å²) in [4.78, 5) is 12.1. The number of carbonyl (C=O) groups excluding carboxylic acids is 1. The Morgan fingerprint density at radius 3 is 3.00 bits per heavy atom. The molecule has 114 valence electrons. The van der Waals surface area contributed by atoms with E-state index in [0.29, 0.717) is 26.3 Å². The number of benzene rings is 1. The summed E-state index contributed by atoms with van der Waals surface area (Å²) in [5, 5.41) is 6.06. The summed E-state index contributed by atoms with van der Waals surface area (Å²) in [6.45, 7) is 4.08. The van der Waals surface area contributed by atoms with E-state index in [9.17, 15) is 4.79 Å². The van der Waals surface area contributed by atoms with Gasteiger partial charge in [0.05, 0.1) is 19.3 Å². The maximum absolute atomic E-state index is 12.1. The van der Waals surface area contributed by atoms with E-state index in [2.05, 4.69) is 10.6 Å². The highest BCUT2D eigenvalue weighted by atomic mass is 16.6. The lowest BCUT2D eigenvalue weighted by molar-refractivity contribution is -0.129. The topological polar surface area (TPSA) is 68.8 Å². The number of carbonyl (C=O) groups is 1. The second-order valence-corrected chi connectivity index (χ2v) is 5.25. The first-order valence-electron chi connectivity index (χ1n) is 7.25. The molecule has 0 radical (unpaired) electrons. The van der Waals surface area contributed by atoms with E-state index < -0.39 is 0 Å². The van der Waals surface area contributed by atoms with Crippen LogP contribution < -0.4 is 20.1 Å². The number of nitrogens with one attached hydrogen (secondary N) is 2. The highest BCUT2D eigenvalue weighted by Gasteiger charge is 2.29. The van der Waals surface area contributed by atoms with Crippen LogP contribution in [-0.2, 0) is 9.53 Å². The molecule has 0 bridgehead atoms. The highest BCUT2D eigenvalue weighted by Crippen LogP contribution is 2.30. The van der Waals surface area contributed by atoms with Crippen molar-refractivity contribution in [3.63, 3.8) is 0 Å². The molecule has 1 amide bonds. The van der Waals surface area contributed by atoms with Gasteiger partial charge in [0.2, 0.25) is 5.91 Å². The Labute approximate surface area is 123 Å². The summed E-state index contributed by atoms with van der Waals surface area (Å²) in [6, 6.07) is 7.22. The second kappa shape index (κ2) is 6.32. The molecule has 2 N–H and O–H groups in total. The van der Waals surface area contributed by atoms with E-state index in [-0.39, 0.29) is 24.2 Å². The molecule has 0 spiro atoms. The van der Waals surface area contributed by atoms with Crippen LogP contribution >= 0.6 is 0 Å². The van der Waals surface area contributed by atoms with Crippen LogP contribution in [0.4, 0.5) is 0 Å². The molecule has 3 rings (SSSR count). The lowest BCUT2D eigenvalue weighted by Gasteiger charge is -2.30. The minimum atomic E-state index is -0.310. The lowest BCUT2D eigenvalue weighted by atomic mass is 10.1. The average Bonchev–Trinajstić information content (AvgIpc) is 2.53. The standard InChI is InChI=1S/C15H20N2O4/c1-10-14(16-6-7-19-10)15(18)17-8-11-9-20-12-4-2-3-5-13(12)21-11/h2-5,10-11,14,16H,6-9H2,1H3,(H,17,18)/t10-,11?,14+/m1/s1. The molecule has 0 saturated carbocycles. The highest BCUT2D eigenvalue weighted by molar-refractivity contribution is 5.82. The van der Waals surface area contributed by atoms with E-state index in [0.717, 1.165) is 11.5 Å². The predicted molar refractivity (Wildman–Crippen MR) is 76.6 cm³/mol. The first kappa shape index (κ1) is 14.2. The van der Waals surface area contributed by atoms with Gasteiger partial charge in [0, 0.05) is 6.54 Å². The molecule has 1 aromatic carbocycles. The predicted octanol–water partition coefficient (Wildman–Crippen LogP) is 0.320. The molecule has 1 saturated heterocycles. The van der Waals surface area contributed by atoms with Gasteiger partial charge in [-0.1, -0.05) is 12.1 Å². The first-order valence-corrected chi connectivity index (χ1v) is 7.25. The summed E-state index contributed by atoms with van der Waals surface area (Å²) in [5.41, 5.74) is 0. The summed E-state index contributed by atoms with van der Waals surface area (Å²) >= 11 is 0. The van der Waals surface area contributed by atoms with E-state index in [4.69, 9.17) is 14.2 Å². The van der Waals surface area contributed by atoms with Gasteiger partial charge in [0.1, 0.15) is 18.8 Å². The molecule has 3 atom stereocenters. The van der Waals surface area contributed by atoms with Crippen molar-refractivity contribution in [2.75, 3.05) is 26.3 Å². The van der Waals surface area contributed by atoms with Crippen LogP contribution in [0.3, 0.4) is 0 Å². The molecule has 21 heavy (non-hydrogen) atoms. The first-order chi connectivity index (χ1) is 10.2. The van der Waals surface area contributed by atoms with E-state index >= 15 is 0 Å². The van der Waals surface area contributed by atoms with Gasteiger partial charge in [-0.15, -0.1) is 0 Å². The number of rotatable bonds is 3. The lowest BCUT2D eigenvalue weighted by Crippen LogP contribution is -2.56. The van der Waals surface area contributed by atoms with Gasteiger partial charge in [-0.25, -0.2) is 0 Å². The molecule has 2 aliphatic rings. The SMILES string of the molecule is C[C@H]1OCCN[C@@H]1C(=O)NCC1COc2ccccc2O1. The van der Waals surface area contributed by atoms with Gasteiger partial charge in [0.25, 0.3) is 0 Å². The number of morpholine rings is 1. The van der Waals surface area contributed by atoms with E-state index in [1.54, 1.807) is 0 Å². The molecule has 1 unspecified atom stereocenters. The largest absolute Gasteiger partial charge is 0.486 e. The number of amides is 1. The van der Waals surface area contributed by atoms with Gasteiger partial charge in [-0.05, 0) is 19.1 Å². The Bertz CT molecular complexity index is 508. The van der Waals surface area contributed by atoms with E-state index in [1.807, 2.05) is 31.2 Å². The molecule has 0 aliphatic carbocycles. The fourth-order valence-corrected chi connectivity index (χ4v) is 2.52. The number of para-hydroxylation sites is 2. The summed E-state index contributed by atoms with van der Waals surface area (Å²) in [5.74, 6) is 1.40. The molecule has 0 aromatic heterocycles. The molecule has 1 fully saturated rings. The molecular weight excluding hydrogens is 272 g/mol. The van der Waals surface area contributed by atoms with Crippen LogP contribution in [0.15, 0.2) is 24.3 Å². The fraction of sp³-hybridized carbons (Fsp3) is 0.533. The van der Waals surface area contributed by atoms with Gasteiger partial charge in [-0.3, -0.25) is 4.79 Å². The Morgan fingerprint density at radius 2 is 2.19 bits per heavy atom. The minimum Gasteiger partial charge on any atom is -0.486 e. The van der Waals surface area contributed by atoms with Crippen LogP contribution in [0.5, 0.6) is 11.5 Å². The van der Waals surface area contributed by atoms with Crippen LogP contribution in [0, 0.1) is 0 Å². The van der Waals surface area contributed by atoms with Crippen molar-refractivity contribution in [2.45, 2.75) is 25.2 Å². The van der Waals surface area contributed by atoms with Crippen molar-refractivity contribution in [3.05, 3.63) is 24.3 Å². The second-order valence-electron chi connectivity index (χ2n) is 5.25. The summed E-state index contributed by atoms with van der Waals surface area (Å²) in [7, 11) is 0. The van der Waals surface area contributed by atoms with Crippen molar-refractivity contribution in [2.24, 2.45) is 0 Å². The molecule has 2 aliphatic heterocycles. The molecule has 1 aromatic rings. The Balaban J connectivity index is 1.51. The number of hydrogen-bond acceptors (Lipinski definition) is 5. The third kappa shape index (κ3) is 3.28. The summed E-state index contributed by atoms with van der Waals surface area (Å²) in [6.07, 6.45) is -0.299. The average molecular weight is 292 g/mol. The van der Waals surface area contributed by atoms with Crippen molar-refractivity contribution in [3.8, 4) is 11.5 Å².